The summed E-state index contributed by atoms with van der Waals surface area (Å²) in [4.78, 5) is 16.1. The summed E-state index contributed by atoms with van der Waals surface area (Å²) < 4.78 is 5.27. The molecule has 0 spiro atoms. The Morgan fingerprint density at radius 1 is 1.37 bits per heavy atom. The van der Waals surface area contributed by atoms with Crippen LogP contribution in [0.25, 0.3) is 0 Å². The fraction of sp³-hybridized carbons (Fsp3) is 0.600. The molecule has 0 aliphatic carbocycles. The number of pyridine rings is 1. The van der Waals surface area contributed by atoms with Crippen molar-refractivity contribution in [3.8, 4) is 0 Å². The van der Waals surface area contributed by atoms with Crippen LogP contribution in [0.3, 0.4) is 0 Å². The van der Waals surface area contributed by atoms with Gasteiger partial charge in [0.05, 0.1) is 12.2 Å². The van der Waals surface area contributed by atoms with E-state index in [4.69, 9.17) is 16.3 Å². The van der Waals surface area contributed by atoms with Crippen LogP contribution in [0, 0.1) is 5.41 Å². The summed E-state index contributed by atoms with van der Waals surface area (Å²) in [7, 11) is 0. The smallest absolute Gasteiger partial charge is 0.338 e. The van der Waals surface area contributed by atoms with Gasteiger partial charge in [-0.3, -0.25) is 0 Å². The van der Waals surface area contributed by atoms with Gasteiger partial charge in [0.2, 0.25) is 0 Å². The van der Waals surface area contributed by atoms with Crippen molar-refractivity contribution in [2.75, 3.05) is 6.61 Å². The Morgan fingerprint density at radius 3 is 2.53 bits per heavy atom. The maximum absolute atomic E-state index is 11.9. The summed E-state index contributed by atoms with van der Waals surface area (Å²) in [5, 5.41) is 0.328. The third kappa shape index (κ3) is 5.60. The van der Waals surface area contributed by atoms with Gasteiger partial charge in [0, 0.05) is 5.69 Å². The van der Waals surface area contributed by atoms with E-state index in [0.29, 0.717) is 17.3 Å². The number of hydrogen-bond acceptors (Lipinski definition) is 3. The molecule has 0 aromatic carbocycles. The molecule has 0 amide bonds. The molecule has 0 saturated heterocycles. The maximum atomic E-state index is 11.9. The molecular formula is C15H22ClNO2. The fourth-order valence-corrected chi connectivity index (χ4v) is 1.68. The zero-order chi connectivity index (χ0) is 14.6. The molecule has 0 aliphatic heterocycles. The number of aromatic nitrogens is 1. The highest BCUT2D eigenvalue weighted by molar-refractivity contribution is 6.29. The number of rotatable bonds is 4. The van der Waals surface area contributed by atoms with Crippen LogP contribution in [-0.2, 0) is 4.74 Å². The van der Waals surface area contributed by atoms with Gasteiger partial charge in [0.15, 0.2) is 0 Å². The van der Waals surface area contributed by atoms with E-state index in [1.165, 1.54) is 0 Å². The standard InChI is InChI=1S/C15H22ClNO2/c1-10(2)12-8-11(9-13(16)17-12)14(18)19-7-6-15(3,4)5/h8-10H,6-7H2,1-5H3. The highest BCUT2D eigenvalue weighted by Crippen LogP contribution is 2.20. The molecule has 0 aliphatic rings. The van der Waals surface area contributed by atoms with Crippen molar-refractivity contribution in [3.63, 3.8) is 0 Å². The largest absolute Gasteiger partial charge is 0.462 e. The van der Waals surface area contributed by atoms with Crippen LogP contribution in [0.4, 0.5) is 0 Å². The minimum atomic E-state index is -0.338. The van der Waals surface area contributed by atoms with Crippen molar-refractivity contribution in [1.82, 2.24) is 4.98 Å². The molecule has 1 aromatic rings. The van der Waals surface area contributed by atoms with E-state index in [9.17, 15) is 4.79 Å². The van der Waals surface area contributed by atoms with Gasteiger partial charge in [-0.2, -0.15) is 0 Å². The van der Waals surface area contributed by atoms with Crippen molar-refractivity contribution in [2.45, 2.75) is 47.0 Å². The second kappa shape index (κ2) is 6.38. The second-order valence-electron chi connectivity index (χ2n) is 6.20. The highest BCUT2D eigenvalue weighted by Gasteiger charge is 2.15. The number of hydrogen-bond donors (Lipinski definition) is 0. The second-order valence-corrected chi connectivity index (χ2v) is 6.59. The molecule has 0 fully saturated rings. The van der Waals surface area contributed by atoms with E-state index in [0.717, 1.165) is 12.1 Å². The third-order valence-electron chi connectivity index (χ3n) is 2.73. The first-order valence-corrected chi connectivity index (χ1v) is 6.91. The summed E-state index contributed by atoms with van der Waals surface area (Å²) in [6, 6.07) is 3.29. The van der Waals surface area contributed by atoms with E-state index in [1.807, 2.05) is 13.8 Å². The van der Waals surface area contributed by atoms with Gasteiger partial charge < -0.3 is 4.74 Å². The van der Waals surface area contributed by atoms with Crippen LogP contribution >= 0.6 is 11.6 Å². The SMILES string of the molecule is CC(C)c1cc(C(=O)OCCC(C)(C)C)cc(Cl)n1. The van der Waals surface area contributed by atoms with Crippen LogP contribution in [0.15, 0.2) is 12.1 Å². The van der Waals surface area contributed by atoms with E-state index >= 15 is 0 Å². The van der Waals surface area contributed by atoms with Gasteiger partial charge in [-0.05, 0) is 29.9 Å². The molecule has 0 unspecified atom stereocenters. The lowest BCUT2D eigenvalue weighted by atomic mass is 9.93. The Kier molecular flexibility index (Phi) is 5.36. The number of esters is 1. The van der Waals surface area contributed by atoms with Gasteiger partial charge in [-0.1, -0.05) is 46.2 Å². The number of carbonyl (C=O) groups excluding carboxylic acids is 1. The lowest BCUT2D eigenvalue weighted by molar-refractivity contribution is 0.0464. The molecule has 0 N–H and O–H groups in total. The zero-order valence-electron chi connectivity index (χ0n) is 12.3. The van der Waals surface area contributed by atoms with Crippen molar-refractivity contribution in [1.29, 1.82) is 0 Å². The van der Waals surface area contributed by atoms with Crippen molar-refractivity contribution >= 4 is 17.6 Å². The van der Waals surface area contributed by atoms with Crippen molar-refractivity contribution in [3.05, 3.63) is 28.5 Å². The molecule has 106 valence electrons. The first-order valence-electron chi connectivity index (χ1n) is 6.53. The molecule has 0 bridgehead atoms. The maximum Gasteiger partial charge on any atom is 0.338 e. The predicted octanol–water partition coefficient (Wildman–Crippen LogP) is 4.45. The minimum Gasteiger partial charge on any atom is -0.462 e. The molecule has 19 heavy (non-hydrogen) atoms. The Morgan fingerprint density at radius 2 is 2.00 bits per heavy atom. The topological polar surface area (TPSA) is 39.2 Å². The lowest BCUT2D eigenvalue weighted by Gasteiger charge is -2.17. The van der Waals surface area contributed by atoms with Crippen LogP contribution in [0.1, 0.15) is 63.0 Å². The average molecular weight is 284 g/mol. The minimum absolute atomic E-state index is 0.152. The van der Waals surface area contributed by atoms with Gasteiger partial charge >= 0.3 is 5.97 Å². The highest BCUT2D eigenvalue weighted by atomic mass is 35.5. The van der Waals surface area contributed by atoms with Crippen LogP contribution in [0.5, 0.6) is 0 Å². The van der Waals surface area contributed by atoms with E-state index in [-0.39, 0.29) is 17.3 Å². The van der Waals surface area contributed by atoms with Crippen LogP contribution in [0.2, 0.25) is 5.15 Å². The fourth-order valence-electron chi connectivity index (χ4n) is 1.46. The van der Waals surface area contributed by atoms with Crippen LogP contribution in [-0.4, -0.2) is 17.6 Å². The predicted molar refractivity (Wildman–Crippen MR) is 77.7 cm³/mol. The normalized spacial score (nSPS) is 11.7. The lowest BCUT2D eigenvalue weighted by Crippen LogP contribution is -2.13. The quantitative estimate of drug-likeness (QED) is 0.605. The summed E-state index contributed by atoms with van der Waals surface area (Å²) in [5.74, 6) is -0.115. The van der Waals surface area contributed by atoms with Gasteiger partial charge in [0.25, 0.3) is 0 Å². The van der Waals surface area contributed by atoms with E-state index in [1.54, 1.807) is 12.1 Å². The monoisotopic (exact) mass is 283 g/mol. The molecule has 0 radical (unpaired) electrons. The average Bonchev–Trinajstić information content (AvgIpc) is 2.26. The molecule has 1 aromatic heterocycles. The molecule has 1 rings (SSSR count). The van der Waals surface area contributed by atoms with Crippen molar-refractivity contribution in [2.24, 2.45) is 5.41 Å². The first-order chi connectivity index (χ1) is 8.69. The third-order valence-corrected chi connectivity index (χ3v) is 2.92. The zero-order valence-corrected chi connectivity index (χ0v) is 13.0. The molecule has 4 heteroatoms. The molecule has 0 atom stereocenters. The molecular weight excluding hydrogens is 262 g/mol. The number of halogens is 1. The summed E-state index contributed by atoms with van der Waals surface area (Å²) in [5.41, 5.74) is 1.42. The Bertz CT molecular complexity index is 450. The first kappa shape index (κ1) is 16.0. The number of carbonyl (C=O) groups is 1. The Labute approximate surface area is 120 Å². The van der Waals surface area contributed by atoms with Crippen LogP contribution < -0.4 is 0 Å². The summed E-state index contributed by atoms with van der Waals surface area (Å²) in [6.07, 6.45) is 0.828. The van der Waals surface area contributed by atoms with Gasteiger partial charge in [0.1, 0.15) is 5.15 Å². The van der Waals surface area contributed by atoms with E-state index in [2.05, 4.69) is 25.8 Å². The molecule has 3 nitrogen and oxygen atoms in total. The molecule has 1 heterocycles. The summed E-state index contributed by atoms with van der Waals surface area (Å²) >= 11 is 5.93. The van der Waals surface area contributed by atoms with E-state index < -0.39 is 0 Å². The Hall–Kier alpha value is -1.09. The van der Waals surface area contributed by atoms with Gasteiger partial charge in [-0.15, -0.1) is 0 Å². The molecule has 0 saturated carbocycles. The van der Waals surface area contributed by atoms with Gasteiger partial charge in [-0.25, -0.2) is 9.78 Å². The number of nitrogens with zero attached hydrogens (tertiary/aromatic N) is 1. The Balaban J connectivity index is 2.72. The summed E-state index contributed by atoms with van der Waals surface area (Å²) in [6.45, 7) is 10.8. The number of ether oxygens (including phenoxy) is 1. The van der Waals surface area contributed by atoms with Crippen molar-refractivity contribution < 1.29 is 9.53 Å².